The third-order valence-corrected chi connectivity index (χ3v) is 4.04. The number of nitrogens with zero attached hydrogens (tertiary/aromatic N) is 4. The first-order valence-corrected chi connectivity index (χ1v) is 8.54. The first-order chi connectivity index (χ1) is 12.4. The van der Waals surface area contributed by atoms with Gasteiger partial charge in [0.1, 0.15) is 11.6 Å². The van der Waals surface area contributed by atoms with Gasteiger partial charge in [-0.25, -0.2) is 9.67 Å². The van der Waals surface area contributed by atoms with Crippen LogP contribution in [0.3, 0.4) is 0 Å². The minimum atomic E-state index is -2.89. The minimum absolute atomic E-state index is 0.110. The molecule has 0 saturated carbocycles. The lowest BCUT2D eigenvalue weighted by atomic mass is 10.2. The molecule has 2 heterocycles. The Morgan fingerprint density at radius 3 is 2.73 bits per heavy atom. The molecule has 0 amide bonds. The summed E-state index contributed by atoms with van der Waals surface area (Å²) < 4.78 is 32.1. The maximum atomic E-state index is 12.6. The summed E-state index contributed by atoms with van der Waals surface area (Å²) in [5, 5.41) is 7.45. The summed E-state index contributed by atoms with van der Waals surface area (Å²) >= 11 is 3.33. The summed E-state index contributed by atoms with van der Waals surface area (Å²) in [4.78, 5) is 8.64. The van der Waals surface area contributed by atoms with E-state index in [0.717, 1.165) is 15.9 Å². The molecule has 6 nitrogen and oxygen atoms in total. The summed E-state index contributed by atoms with van der Waals surface area (Å²) in [6.45, 7) is 1.19. The monoisotopic (exact) mass is 423 g/mol. The molecule has 0 aliphatic rings. The average molecular weight is 424 g/mol. The van der Waals surface area contributed by atoms with E-state index in [-0.39, 0.29) is 12.3 Å². The van der Waals surface area contributed by atoms with Crippen LogP contribution in [0.1, 0.15) is 17.0 Å². The molecule has 3 rings (SSSR count). The minimum Gasteiger partial charge on any atom is -0.434 e. The second-order valence-electron chi connectivity index (χ2n) is 5.59. The number of ether oxygens (including phenoxy) is 1. The molecule has 0 unspecified atom stereocenters. The van der Waals surface area contributed by atoms with Gasteiger partial charge in [-0.3, -0.25) is 4.98 Å². The van der Waals surface area contributed by atoms with Crippen LogP contribution in [0, 0.1) is 13.8 Å². The van der Waals surface area contributed by atoms with Crippen LogP contribution < -0.4 is 10.1 Å². The number of anilines is 1. The highest BCUT2D eigenvalue weighted by Crippen LogP contribution is 2.25. The molecule has 0 aliphatic carbocycles. The normalized spacial score (nSPS) is 11.0. The van der Waals surface area contributed by atoms with Gasteiger partial charge in [-0.05, 0) is 38.1 Å². The van der Waals surface area contributed by atoms with Crippen molar-refractivity contribution >= 4 is 21.7 Å². The number of benzene rings is 1. The van der Waals surface area contributed by atoms with Gasteiger partial charge in [-0.2, -0.15) is 13.9 Å². The van der Waals surface area contributed by atoms with Crippen LogP contribution in [0.4, 0.5) is 14.6 Å². The van der Waals surface area contributed by atoms with Gasteiger partial charge in [-0.15, -0.1) is 0 Å². The first kappa shape index (κ1) is 18.2. The summed E-state index contributed by atoms with van der Waals surface area (Å²) in [6.07, 6.45) is 3.16. The van der Waals surface area contributed by atoms with Crippen molar-refractivity contribution in [3.05, 3.63) is 58.1 Å². The molecule has 9 heteroatoms. The third-order valence-electron chi connectivity index (χ3n) is 3.55. The summed E-state index contributed by atoms with van der Waals surface area (Å²) in [6, 6.07) is 6.79. The highest BCUT2D eigenvalue weighted by molar-refractivity contribution is 9.10. The zero-order valence-corrected chi connectivity index (χ0v) is 15.7. The van der Waals surface area contributed by atoms with Crippen molar-refractivity contribution in [2.24, 2.45) is 0 Å². The zero-order valence-electron chi connectivity index (χ0n) is 14.1. The predicted octanol–water partition coefficient (Wildman–Crippen LogP) is 4.26. The summed E-state index contributed by atoms with van der Waals surface area (Å²) in [5.74, 6) is 1.18. The molecule has 136 valence electrons. The number of nitrogens with one attached hydrogen (secondary N) is 1. The van der Waals surface area contributed by atoms with Gasteiger partial charge in [0, 0.05) is 22.3 Å². The summed E-state index contributed by atoms with van der Waals surface area (Å²) in [5.41, 5.74) is 2.39. The Kier molecular flexibility index (Phi) is 5.46. The second kappa shape index (κ2) is 7.77. The fraction of sp³-hybridized carbons (Fsp3) is 0.235. The van der Waals surface area contributed by atoms with Crippen molar-refractivity contribution in [3.8, 4) is 11.6 Å². The van der Waals surface area contributed by atoms with Gasteiger partial charge in [0.15, 0.2) is 5.82 Å². The van der Waals surface area contributed by atoms with Crippen molar-refractivity contribution in [3.63, 3.8) is 0 Å². The SMILES string of the molecule is Cc1cc(C)n(-c2cncc(NCc3cc(Br)ccc3OC(F)F)n2)n1. The molecule has 3 aromatic rings. The smallest absolute Gasteiger partial charge is 0.387 e. The van der Waals surface area contributed by atoms with Gasteiger partial charge in [0.2, 0.25) is 0 Å². The molecular weight excluding hydrogens is 408 g/mol. The first-order valence-electron chi connectivity index (χ1n) is 7.75. The van der Waals surface area contributed by atoms with Crippen molar-refractivity contribution in [1.29, 1.82) is 0 Å². The average Bonchev–Trinajstić information content (AvgIpc) is 2.93. The van der Waals surface area contributed by atoms with E-state index >= 15 is 0 Å². The molecule has 2 aromatic heterocycles. The van der Waals surface area contributed by atoms with Crippen molar-refractivity contribution in [1.82, 2.24) is 19.7 Å². The van der Waals surface area contributed by atoms with Crippen molar-refractivity contribution < 1.29 is 13.5 Å². The van der Waals surface area contributed by atoms with Gasteiger partial charge < -0.3 is 10.1 Å². The molecule has 0 atom stereocenters. The molecule has 0 saturated heterocycles. The van der Waals surface area contributed by atoms with Crippen LogP contribution >= 0.6 is 15.9 Å². The quantitative estimate of drug-likeness (QED) is 0.641. The van der Waals surface area contributed by atoms with Crippen LogP contribution in [0.25, 0.3) is 5.82 Å². The molecule has 1 N–H and O–H groups in total. The zero-order chi connectivity index (χ0) is 18.7. The van der Waals surface area contributed by atoms with E-state index in [4.69, 9.17) is 0 Å². The van der Waals surface area contributed by atoms with Crippen molar-refractivity contribution in [2.75, 3.05) is 5.32 Å². The largest absolute Gasteiger partial charge is 0.434 e. The Bertz CT molecular complexity index is 916. The molecule has 0 bridgehead atoms. The van der Waals surface area contributed by atoms with Crippen molar-refractivity contribution in [2.45, 2.75) is 27.0 Å². The predicted molar refractivity (Wildman–Crippen MR) is 96.7 cm³/mol. The molecule has 26 heavy (non-hydrogen) atoms. The number of hydrogen-bond acceptors (Lipinski definition) is 5. The van der Waals surface area contributed by atoms with E-state index in [0.29, 0.717) is 17.2 Å². The van der Waals surface area contributed by atoms with E-state index in [1.807, 2.05) is 19.9 Å². The molecule has 0 aliphatic heterocycles. The highest BCUT2D eigenvalue weighted by Gasteiger charge is 2.11. The number of halogens is 3. The number of alkyl halides is 2. The van der Waals surface area contributed by atoms with E-state index in [9.17, 15) is 8.78 Å². The van der Waals surface area contributed by atoms with Crippen LogP contribution in [0.15, 0.2) is 41.1 Å². The standard InChI is InChI=1S/C17H16BrF2N5O/c1-10-5-11(2)25(24-10)16-9-21-8-15(23-16)22-7-12-6-13(18)3-4-14(12)26-17(19)20/h3-6,8-9,17H,7H2,1-2H3,(H,22,23). The van der Waals surface area contributed by atoms with E-state index < -0.39 is 6.61 Å². The fourth-order valence-corrected chi connectivity index (χ4v) is 2.90. The van der Waals surface area contributed by atoms with Crippen LogP contribution in [0.2, 0.25) is 0 Å². The van der Waals surface area contributed by atoms with Crippen LogP contribution in [-0.4, -0.2) is 26.4 Å². The maximum Gasteiger partial charge on any atom is 0.387 e. The molecular formula is C17H16BrF2N5O. The lowest BCUT2D eigenvalue weighted by Gasteiger charge is -2.13. The van der Waals surface area contributed by atoms with Crippen LogP contribution in [-0.2, 0) is 6.54 Å². The number of rotatable bonds is 6. The number of aromatic nitrogens is 4. The Balaban J connectivity index is 1.80. The van der Waals surface area contributed by atoms with Gasteiger partial charge in [0.05, 0.1) is 18.1 Å². The molecule has 1 aromatic carbocycles. The van der Waals surface area contributed by atoms with E-state index in [2.05, 4.69) is 41.1 Å². The highest BCUT2D eigenvalue weighted by atomic mass is 79.9. The summed E-state index contributed by atoms with van der Waals surface area (Å²) in [7, 11) is 0. The molecule has 0 radical (unpaired) electrons. The second-order valence-corrected chi connectivity index (χ2v) is 6.50. The number of hydrogen-bond donors (Lipinski definition) is 1. The molecule has 0 fully saturated rings. The third kappa shape index (κ3) is 4.34. The Morgan fingerprint density at radius 2 is 2.04 bits per heavy atom. The Labute approximate surface area is 157 Å². The van der Waals surface area contributed by atoms with E-state index in [1.165, 1.54) is 6.07 Å². The lowest BCUT2D eigenvalue weighted by molar-refractivity contribution is -0.0504. The Morgan fingerprint density at radius 1 is 1.23 bits per heavy atom. The maximum absolute atomic E-state index is 12.6. The van der Waals surface area contributed by atoms with Gasteiger partial charge >= 0.3 is 6.61 Å². The Hall–Kier alpha value is -2.55. The number of aryl methyl sites for hydroxylation is 2. The fourth-order valence-electron chi connectivity index (χ4n) is 2.49. The molecule has 0 spiro atoms. The van der Waals surface area contributed by atoms with Gasteiger partial charge in [0.25, 0.3) is 0 Å². The topological polar surface area (TPSA) is 64.9 Å². The lowest BCUT2D eigenvalue weighted by Crippen LogP contribution is -2.09. The van der Waals surface area contributed by atoms with Crippen LogP contribution in [0.5, 0.6) is 5.75 Å². The van der Waals surface area contributed by atoms with Gasteiger partial charge in [-0.1, -0.05) is 15.9 Å². The van der Waals surface area contributed by atoms with E-state index in [1.54, 1.807) is 29.2 Å².